The molecule has 0 aliphatic rings. The maximum Gasteiger partial charge on any atom is 0.282 e. The smallest absolute Gasteiger partial charge is 0.282 e. The number of hydrogen-bond donors (Lipinski definition) is 2. The van der Waals surface area contributed by atoms with Crippen molar-refractivity contribution >= 4 is 29.1 Å². The number of halogens is 1. The highest BCUT2D eigenvalue weighted by molar-refractivity contribution is 6.31. The summed E-state index contributed by atoms with van der Waals surface area (Å²) in [7, 11) is 0. The molecule has 1 unspecified atom stereocenters. The number of hydrogen-bond acceptors (Lipinski definition) is 4. The van der Waals surface area contributed by atoms with E-state index in [4.69, 9.17) is 17.3 Å². The Morgan fingerprint density at radius 2 is 2.11 bits per heavy atom. The fraction of sp³-hybridized carbons (Fsp3) is 0.200. The van der Waals surface area contributed by atoms with Gasteiger partial charge in [0.1, 0.15) is 11.6 Å². The molecule has 0 spiro atoms. The molecule has 2 amide bonds. The first-order valence-corrected chi connectivity index (χ1v) is 5.25. The van der Waals surface area contributed by atoms with Crippen LogP contribution in [-0.2, 0) is 4.79 Å². The van der Waals surface area contributed by atoms with Crippen molar-refractivity contribution in [3.05, 3.63) is 38.9 Å². The molecule has 0 aliphatic carbocycles. The summed E-state index contributed by atoms with van der Waals surface area (Å²) in [6, 6.07) is 2.64. The van der Waals surface area contributed by atoms with E-state index in [1.54, 1.807) is 0 Å². The summed E-state index contributed by atoms with van der Waals surface area (Å²) >= 11 is 5.67. The molecule has 1 aromatic carbocycles. The maximum atomic E-state index is 11.8. The second-order valence-electron chi connectivity index (χ2n) is 3.52. The van der Waals surface area contributed by atoms with Gasteiger partial charge < -0.3 is 11.1 Å². The fourth-order valence-corrected chi connectivity index (χ4v) is 1.37. The Morgan fingerprint density at radius 3 is 2.61 bits per heavy atom. The van der Waals surface area contributed by atoms with Crippen molar-refractivity contribution in [2.75, 3.05) is 0 Å². The first-order valence-electron chi connectivity index (χ1n) is 4.87. The lowest BCUT2D eigenvalue weighted by atomic mass is 10.1. The van der Waals surface area contributed by atoms with Gasteiger partial charge in [-0.1, -0.05) is 11.6 Å². The molecule has 3 N–H and O–H groups in total. The molecule has 0 bridgehead atoms. The van der Waals surface area contributed by atoms with E-state index in [0.29, 0.717) is 0 Å². The largest absolute Gasteiger partial charge is 0.368 e. The molecule has 0 saturated carbocycles. The minimum atomic E-state index is -0.934. The van der Waals surface area contributed by atoms with Crippen LogP contribution in [0.15, 0.2) is 18.2 Å². The molecule has 7 nitrogen and oxygen atoms in total. The minimum Gasteiger partial charge on any atom is -0.368 e. The van der Waals surface area contributed by atoms with E-state index in [2.05, 4.69) is 5.32 Å². The molecule has 0 aromatic heterocycles. The lowest BCUT2D eigenvalue weighted by molar-refractivity contribution is -0.385. The number of carbonyl (C=O) groups is 2. The molecule has 1 aromatic rings. The summed E-state index contributed by atoms with van der Waals surface area (Å²) < 4.78 is 0. The van der Waals surface area contributed by atoms with Crippen LogP contribution in [0.4, 0.5) is 5.69 Å². The van der Waals surface area contributed by atoms with Gasteiger partial charge in [-0.15, -0.1) is 0 Å². The van der Waals surface area contributed by atoms with Crippen molar-refractivity contribution in [2.24, 2.45) is 5.73 Å². The van der Waals surface area contributed by atoms with Crippen molar-refractivity contribution in [2.45, 2.75) is 13.0 Å². The van der Waals surface area contributed by atoms with Crippen molar-refractivity contribution in [1.29, 1.82) is 0 Å². The Hall–Kier alpha value is -2.15. The Morgan fingerprint density at radius 1 is 1.50 bits per heavy atom. The molecule has 0 saturated heterocycles. The van der Waals surface area contributed by atoms with Crippen LogP contribution in [0.3, 0.4) is 0 Å². The van der Waals surface area contributed by atoms with Gasteiger partial charge in [0, 0.05) is 11.1 Å². The average Bonchev–Trinajstić information content (AvgIpc) is 2.28. The minimum absolute atomic E-state index is 0.178. The zero-order valence-electron chi connectivity index (χ0n) is 9.34. The molecule has 1 atom stereocenters. The Kier molecular flexibility index (Phi) is 4.22. The predicted molar refractivity (Wildman–Crippen MR) is 64.2 cm³/mol. The first-order chi connectivity index (χ1) is 8.32. The van der Waals surface area contributed by atoms with Crippen molar-refractivity contribution in [3.63, 3.8) is 0 Å². The number of amides is 2. The number of nitrogens with two attached hydrogens (primary N) is 1. The van der Waals surface area contributed by atoms with Crippen LogP contribution in [0.2, 0.25) is 5.02 Å². The molecular formula is C10H10ClN3O4. The third-order valence-electron chi connectivity index (χ3n) is 2.17. The summed E-state index contributed by atoms with van der Waals surface area (Å²) in [5, 5.41) is 13.2. The van der Waals surface area contributed by atoms with E-state index < -0.39 is 28.5 Å². The van der Waals surface area contributed by atoms with E-state index in [1.807, 2.05) is 0 Å². The van der Waals surface area contributed by atoms with E-state index >= 15 is 0 Å². The van der Waals surface area contributed by atoms with E-state index in [-0.39, 0.29) is 10.6 Å². The first kappa shape index (κ1) is 13.9. The summed E-state index contributed by atoms with van der Waals surface area (Å²) in [5.41, 5.74) is 4.36. The molecule has 0 aliphatic heterocycles. The highest BCUT2D eigenvalue weighted by atomic mass is 35.5. The number of rotatable bonds is 4. The van der Waals surface area contributed by atoms with Gasteiger partial charge in [0.05, 0.1) is 4.92 Å². The number of nitro groups is 1. The van der Waals surface area contributed by atoms with Crippen molar-refractivity contribution in [3.8, 4) is 0 Å². The lowest BCUT2D eigenvalue weighted by Crippen LogP contribution is -2.42. The Bertz CT molecular complexity index is 518. The highest BCUT2D eigenvalue weighted by Crippen LogP contribution is 2.22. The Labute approximate surface area is 107 Å². The standard InChI is InChI=1S/C10H10ClN3O4/c1-5(9(12)15)13-10(16)7-4-6(11)2-3-8(7)14(17)18/h2-5H,1H3,(H2,12,15)(H,13,16). The normalized spacial score (nSPS) is 11.7. The Balaban J connectivity index is 3.08. The zero-order chi connectivity index (χ0) is 13.9. The van der Waals surface area contributed by atoms with Gasteiger partial charge in [-0.3, -0.25) is 19.7 Å². The van der Waals surface area contributed by atoms with Gasteiger partial charge in [0.25, 0.3) is 11.6 Å². The highest BCUT2D eigenvalue weighted by Gasteiger charge is 2.22. The van der Waals surface area contributed by atoms with Crippen LogP contribution in [0.1, 0.15) is 17.3 Å². The van der Waals surface area contributed by atoms with Crippen LogP contribution in [0.25, 0.3) is 0 Å². The molecule has 8 heteroatoms. The van der Waals surface area contributed by atoms with E-state index in [1.165, 1.54) is 13.0 Å². The molecular weight excluding hydrogens is 262 g/mol. The molecule has 1 rings (SSSR count). The van der Waals surface area contributed by atoms with Crippen LogP contribution < -0.4 is 11.1 Å². The van der Waals surface area contributed by atoms with Gasteiger partial charge in [-0.2, -0.15) is 0 Å². The molecule has 96 valence electrons. The van der Waals surface area contributed by atoms with E-state index in [0.717, 1.165) is 12.1 Å². The molecule has 18 heavy (non-hydrogen) atoms. The predicted octanol–water partition coefficient (Wildman–Crippen LogP) is 0.852. The summed E-state index contributed by atoms with van der Waals surface area (Å²) in [4.78, 5) is 32.6. The number of nitrogens with zero attached hydrogens (tertiary/aromatic N) is 1. The third kappa shape index (κ3) is 3.17. The molecule has 0 radical (unpaired) electrons. The number of primary amides is 1. The molecule has 0 heterocycles. The van der Waals surface area contributed by atoms with Crippen molar-refractivity contribution < 1.29 is 14.5 Å². The van der Waals surface area contributed by atoms with Gasteiger partial charge >= 0.3 is 0 Å². The number of nitro benzene ring substituents is 1. The van der Waals surface area contributed by atoms with Crippen LogP contribution >= 0.6 is 11.6 Å². The van der Waals surface area contributed by atoms with Gasteiger partial charge in [0.2, 0.25) is 5.91 Å². The zero-order valence-corrected chi connectivity index (χ0v) is 10.1. The number of benzene rings is 1. The summed E-state index contributed by atoms with van der Waals surface area (Å²) in [5.74, 6) is -1.52. The lowest BCUT2D eigenvalue weighted by Gasteiger charge is -2.10. The topological polar surface area (TPSA) is 115 Å². The maximum absolute atomic E-state index is 11.8. The summed E-state index contributed by atoms with van der Waals surface area (Å²) in [6.45, 7) is 1.37. The fourth-order valence-electron chi connectivity index (χ4n) is 1.19. The van der Waals surface area contributed by atoms with E-state index in [9.17, 15) is 19.7 Å². The average molecular weight is 272 g/mol. The second-order valence-corrected chi connectivity index (χ2v) is 3.95. The van der Waals surface area contributed by atoms with Crippen molar-refractivity contribution in [1.82, 2.24) is 5.32 Å². The monoisotopic (exact) mass is 271 g/mol. The number of carbonyl (C=O) groups excluding carboxylic acids is 2. The second kappa shape index (κ2) is 5.46. The molecule has 0 fully saturated rings. The van der Waals surface area contributed by atoms with Gasteiger partial charge in [0.15, 0.2) is 0 Å². The SMILES string of the molecule is CC(NC(=O)c1cc(Cl)ccc1[N+](=O)[O-])C(N)=O. The number of nitrogens with one attached hydrogen (secondary N) is 1. The van der Waals surface area contributed by atoms with Gasteiger partial charge in [-0.25, -0.2) is 0 Å². The quantitative estimate of drug-likeness (QED) is 0.624. The van der Waals surface area contributed by atoms with Crippen LogP contribution in [-0.4, -0.2) is 22.8 Å². The summed E-state index contributed by atoms with van der Waals surface area (Å²) in [6.07, 6.45) is 0. The van der Waals surface area contributed by atoms with Crippen LogP contribution in [0.5, 0.6) is 0 Å². The third-order valence-corrected chi connectivity index (χ3v) is 2.41. The van der Waals surface area contributed by atoms with Crippen LogP contribution in [0, 0.1) is 10.1 Å². The van der Waals surface area contributed by atoms with Gasteiger partial charge in [-0.05, 0) is 19.1 Å².